The Bertz CT molecular complexity index is 703. The SMILES string of the molecule is Cc1cc2nc(CN3CCC4CNCC43)cc(=O)n2[nH]1. The molecule has 0 aliphatic carbocycles. The van der Waals surface area contributed by atoms with Crippen LogP contribution in [0.25, 0.3) is 5.65 Å². The number of hydrogen-bond acceptors (Lipinski definition) is 4. The zero-order valence-electron chi connectivity index (χ0n) is 11.6. The summed E-state index contributed by atoms with van der Waals surface area (Å²) in [4.78, 5) is 19.1. The topological polar surface area (TPSA) is 65.4 Å². The van der Waals surface area contributed by atoms with Crippen molar-refractivity contribution in [3.8, 4) is 0 Å². The van der Waals surface area contributed by atoms with Crippen LogP contribution >= 0.6 is 0 Å². The van der Waals surface area contributed by atoms with E-state index in [1.807, 2.05) is 13.0 Å². The molecule has 20 heavy (non-hydrogen) atoms. The van der Waals surface area contributed by atoms with Gasteiger partial charge in [0.1, 0.15) is 0 Å². The minimum absolute atomic E-state index is 0.0293. The van der Waals surface area contributed by atoms with Crippen molar-refractivity contribution in [1.82, 2.24) is 24.8 Å². The second-order valence-electron chi connectivity index (χ2n) is 5.96. The first-order chi connectivity index (χ1) is 9.70. The Balaban J connectivity index is 1.64. The number of H-pyrrole nitrogens is 1. The molecule has 0 saturated carbocycles. The van der Waals surface area contributed by atoms with E-state index in [2.05, 4.69) is 20.3 Å². The lowest BCUT2D eigenvalue weighted by molar-refractivity contribution is 0.241. The first-order valence-electron chi connectivity index (χ1n) is 7.24. The minimum Gasteiger partial charge on any atom is -0.315 e. The summed E-state index contributed by atoms with van der Waals surface area (Å²) in [7, 11) is 0. The number of likely N-dealkylation sites (tertiary alicyclic amines) is 1. The van der Waals surface area contributed by atoms with Crippen LogP contribution in [0.5, 0.6) is 0 Å². The fourth-order valence-corrected chi connectivity index (χ4v) is 3.58. The van der Waals surface area contributed by atoms with Gasteiger partial charge in [0.15, 0.2) is 5.65 Å². The quantitative estimate of drug-likeness (QED) is 0.816. The summed E-state index contributed by atoms with van der Waals surface area (Å²) < 4.78 is 1.50. The van der Waals surface area contributed by atoms with Crippen LogP contribution < -0.4 is 10.9 Å². The number of nitrogens with zero attached hydrogens (tertiary/aromatic N) is 3. The van der Waals surface area contributed by atoms with E-state index in [9.17, 15) is 4.79 Å². The molecule has 2 aromatic heterocycles. The number of rotatable bonds is 2. The highest BCUT2D eigenvalue weighted by Gasteiger charge is 2.37. The van der Waals surface area contributed by atoms with Crippen molar-refractivity contribution in [2.75, 3.05) is 19.6 Å². The fraction of sp³-hybridized carbons (Fsp3) is 0.571. The fourth-order valence-electron chi connectivity index (χ4n) is 3.58. The number of aryl methyl sites for hydroxylation is 1. The van der Waals surface area contributed by atoms with Crippen LogP contribution in [-0.2, 0) is 6.54 Å². The van der Waals surface area contributed by atoms with Crippen LogP contribution in [0, 0.1) is 12.8 Å². The molecular formula is C14H19N5O. The second-order valence-corrected chi connectivity index (χ2v) is 5.96. The van der Waals surface area contributed by atoms with Crippen LogP contribution in [0.2, 0.25) is 0 Å². The Kier molecular flexibility index (Phi) is 2.68. The number of aromatic amines is 1. The summed E-state index contributed by atoms with van der Waals surface area (Å²) in [5, 5.41) is 6.45. The van der Waals surface area contributed by atoms with E-state index < -0.39 is 0 Å². The number of hydrogen-bond donors (Lipinski definition) is 2. The summed E-state index contributed by atoms with van der Waals surface area (Å²) in [6.45, 7) is 6.02. The molecule has 2 aromatic rings. The molecule has 0 amide bonds. The second kappa shape index (κ2) is 4.43. The smallest absolute Gasteiger partial charge is 0.272 e. The van der Waals surface area contributed by atoms with Gasteiger partial charge in [0.25, 0.3) is 5.56 Å². The summed E-state index contributed by atoms with van der Waals surface area (Å²) in [6, 6.07) is 4.18. The van der Waals surface area contributed by atoms with E-state index in [-0.39, 0.29) is 5.56 Å². The van der Waals surface area contributed by atoms with Crippen molar-refractivity contribution in [1.29, 1.82) is 0 Å². The summed E-state index contributed by atoms with van der Waals surface area (Å²) >= 11 is 0. The maximum Gasteiger partial charge on any atom is 0.272 e. The molecule has 2 aliphatic heterocycles. The molecule has 4 rings (SSSR count). The monoisotopic (exact) mass is 273 g/mol. The van der Waals surface area contributed by atoms with Crippen LogP contribution in [0.1, 0.15) is 17.8 Å². The average molecular weight is 273 g/mol. The van der Waals surface area contributed by atoms with E-state index in [4.69, 9.17) is 0 Å². The highest BCUT2D eigenvalue weighted by atomic mass is 16.1. The molecule has 2 fully saturated rings. The van der Waals surface area contributed by atoms with Crippen LogP contribution in [-0.4, -0.2) is 45.2 Å². The third-order valence-corrected chi connectivity index (χ3v) is 4.56. The third kappa shape index (κ3) is 1.87. The van der Waals surface area contributed by atoms with E-state index in [1.54, 1.807) is 6.07 Å². The lowest BCUT2D eigenvalue weighted by Gasteiger charge is -2.22. The Hall–Kier alpha value is -1.66. The summed E-state index contributed by atoms with van der Waals surface area (Å²) in [5.74, 6) is 0.773. The zero-order chi connectivity index (χ0) is 13.7. The molecule has 2 aliphatic rings. The Morgan fingerprint density at radius 1 is 1.40 bits per heavy atom. The van der Waals surface area contributed by atoms with Gasteiger partial charge < -0.3 is 5.32 Å². The third-order valence-electron chi connectivity index (χ3n) is 4.56. The minimum atomic E-state index is -0.0293. The van der Waals surface area contributed by atoms with Gasteiger partial charge in [-0.3, -0.25) is 14.8 Å². The van der Waals surface area contributed by atoms with Gasteiger partial charge >= 0.3 is 0 Å². The molecule has 2 unspecified atom stereocenters. The average Bonchev–Trinajstić information content (AvgIpc) is 3.06. The lowest BCUT2D eigenvalue weighted by atomic mass is 10.1. The van der Waals surface area contributed by atoms with Gasteiger partial charge in [0.2, 0.25) is 0 Å². The van der Waals surface area contributed by atoms with Crippen molar-refractivity contribution in [2.24, 2.45) is 5.92 Å². The van der Waals surface area contributed by atoms with Crippen molar-refractivity contribution < 1.29 is 0 Å². The van der Waals surface area contributed by atoms with Crippen LogP contribution in [0.3, 0.4) is 0 Å². The predicted molar refractivity (Wildman–Crippen MR) is 75.7 cm³/mol. The van der Waals surface area contributed by atoms with Crippen molar-refractivity contribution in [3.05, 3.63) is 33.9 Å². The van der Waals surface area contributed by atoms with Gasteiger partial charge in [-0.2, -0.15) is 0 Å². The Labute approximate surface area is 116 Å². The van der Waals surface area contributed by atoms with Gasteiger partial charge in [-0.25, -0.2) is 9.50 Å². The standard InChI is InChI=1S/C14H19N5O/c1-9-4-13-16-11(5-14(20)19(13)17-9)8-18-3-2-10-6-15-7-12(10)18/h4-5,10,12,15,17H,2-3,6-8H2,1H3. The first-order valence-corrected chi connectivity index (χ1v) is 7.24. The highest BCUT2D eigenvalue weighted by Crippen LogP contribution is 2.28. The lowest BCUT2D eigenvalue weighted by Crippen LogP contribution is -2.34. The molecule has 0 bridgehead atoms. The summed E-state index contributed by atoms with van der Waals surface area (Å²) in [5.41, 5.74) is 2.51. The van der Waals surface area contributed by atoms with E-state index in [0.29, 0.717) is 11.7 Å². The van der Waals surface area contributed by atoms with E-state index in [1.165, 1.54) is 10.9 Å². The van der Waals surface area contributed by atoms with Gasteiger partial charge in [-0.1, -0.05) is 0 Å². The molecule has 2 saturated heterocycles. The van der Waals surface area contributed by atoms with Gasteiger partial charge in [-0.05, 0) is 32.4 Å². The molecule has 2 N–H and O–H groups in total. The van der Waals surface area contributed by atoms with Crippen molar-refractivity contribution in [2.45, 2.75) is 25.9 Å². The molecule has 0 radical (unpaired) electrons. The predicted octanol–water partition coefficient (Wildman–Crippen LogP) is 0.125. The van der Waals surface area contributed by atoms with Crippen molar-refractivity contribution >= 4 is 5.65 Å². The Morgan fingerprint density at radius 2 is 2.30 bits per heavy atom. The van der Waals surface area contributed by atoms with Crippen LogP contribution in [0.15, 0.2) is 16.9 Å². The number of aromatic nitrogens is 3. The molecule has 0 spiro atoms. The molecule has 6 heteroatoms. The molecule has 0 aromatic carbocycles. The number of fused-ring (bicyclic) bond motifs is 2. The Morgan fingerprint density at radius 3 is 3.20 bits per heavy atom. The molecule has 2 atom stereocenters. The molecule has 106 valence electrons. The highest BCUT2D eigenvalue weighted by molar-refractivity contribution is 5.39. The normalized spacial score (nSPS) is 26.4. The molecule has 4 heterocycles. The largest absolute Gasteiger partial charge is 0.315 e. The molecular weight excluding hydrogens is 254 g/mol. The van der Waals surface area contributed by atoms with Gasteiger partial charge in [0, 0.05) is 37.0 Å². The first kappa shape index (κ1) is 12.1. The summed E-state index contributed by atoms with van der Waals surface area (Å²) in [6.07, 6.45) is 1.25. The van der Waals surface area contributed by atoms with Crippen molar-refractivity contribution in [3.63, 3.8) is 0 Å². The van der Waals surface area contributed by atoms with E-state index >= 15 is 0 Å². The number of nitrogens with one attached hydrogen (secondary N) is 2. The van der Waals surface area contributed by atoms with Gasteiger partial charge in [-0.15, -0.1) is 0 Å². The molecule has 6 nitrogen and oxygen atoms in total. The zero-order valence-corrected chi connectivity index (χ0v) is 11.6. The van der Waals surface area contributed by atoms with Crippen LogP contribution in [0.4, 0.5) is 0 Å². The van der Waals surface area contributed by atoms with Gasteiger partial charge in [0.05, 0.1) is 5.69 Å². The van der Waals surface area contributed by atoms with E-state index in [0.717, 1.165) is 43.5 Å². The maximum absolute atomic E-state index is 12.1. The maximum atomic E-state index is 12.1.